The van der Waals surface area contributed by atoms with Crippen LogP contribution >= 0.6 is 8.58 Å². The van der Waals surface area contributed by atoms with Crippen molar-refractivity contribution in [3.8, 4) is 0 Å². The number of allylic oxidation sites excluding steroid dienone is 1. The summed E-state index contributed by atoms with van der Waals surface area (Å²) in [6.07, 6.45) is 15.0. The summed E-state index contributed by atoms with van der Waals surface area (Å²) in [5, 5.41) is 0. The Balaban J connectivity index is 2.85. The molecule has 0 N–H and O–H groups in total. The lowest BCUT2D eigenvalue weighted by Gasteiger charge is -2.00. The molecule has 0 spiro atoms. The van der Waals surface area contributed by atoms with E-state index in [9.17, 15) is 0 Å². The van der Waals surface area contributed by atoms with E-state index in [0.717, 1.165) is 0 Å². The van der Waals surface area contributed by atoms with E-state index in [1.165, 1.54) is 66.1 Å². The molecule has 0 aromatic rings. The van der Waals surface area contributed by atoms with E-state index in [0.29, 0.717) is 0 Å². The molecule has 0 bridgehead atoms. The van der Waals surface area contributed by atoms with Gasteiger partial charge in [-0.05, 0) is 19.5 Å². The first-order chi connectivity index (χ1) is 6.91. The van der Waals surface area contributed by atoms with E-state index in [2.05, 4.69) is 25.7 Å². The maximum atomic E-state index is 2.28. The largest absolute Gasteiger partial charge is 0.0868 e. The highest BCUT2D eigenvalue weighted by Gasteiger charge is 1.90. The topological polar surface area (TPSA) is 0 Å². The Bertz CT molecular complexity index is 118. The fourth-order valence-corrected chi connectivity index (χ4v) is 2.28. The quantitative estimate of drug-likeness (QED) is 0.327. The van der Waals surface area contributed by atoms with Crippen molar-refractivity contribution in [2.45, 2.75) is 65.2 Å². The Kier molecular flexibility index (Phi) is 13.3. The molecule has 1 radical (unpaired) electrons. The van der Waals surface area contributed by atoms with E-state index in [4.69, 9.17) is 0 Å². The molecule has 0 aromatic carbocycles. The minimum Gasteiger partial charge on any atom is -0.0868 e. The zero-order valence-electron chi connectivity index (χ0n) is 9.97. The molecular weight excluding hydrogens is 187 g/mol. The molecule has 83 valence electrons. The molecule has 0 nitrogen and oxygen atoms in total. The fraction of sp³-hybridized carbons (Fsp3) is 0.846. The Morgan fingerprint density at radius 1 is 0.857 bits per heavy atom. The molecule has 14 heavy (non-hydrogen) atoms. The van der Waals surface area contributed by atoms with E-state index >= 15 is 0 Å². The van der Waals surface area contributed by atoms with Gasteiger partial charge in [0, 0.05) is 0 Å². The molecule has 0 aliphatic heterocycles. The van der Waals surface area contributed by atoms with Gasteiger partial charge < -0.3 is 0 Å². The van der Waals surface area contributed by atoms with Crippen molar-refractivity contribution in [3.05, 3.63) is 11.9 Å². The summed E-state index contributed by atoms with van der Waals surface area (Å²) in [7, 11) is 1.50. The first-order valence-corrected chi connectivity index (χ1v) is 7.34. The highest BCUT2D eigenvalue weighted by atomic mass is 31.1. The van der Waals surface area contributed by atoms with Crippen LogP contribution in [0.3, 0.4) is 0 Å². The Hall–Kier alpha value is 0.170. The summed E-state index contributed by atoms with van der Waals surface area (Å²) in [5.74, 6) is 2.25. The third-order valence-corrected chi connectivity index (χ3v) is 3.48. The Morgan fingerprint density at radius 3 is 2.00 bits per heavy atom. The van der Waals surface area contributed by atoms with Gasteiger partial charge in [0.2, 0.25) is 0 Å². The predicted octanol–water partition coefficient (Wildman–Crippen LogP) is 5.61. The molecule has 0 atom stereocenters. The summed E-state index contributed by atoms with van der Waals surface area (Å²) in [6, 6.07) is 0. The third kappa shape index (κ3) is 12.2. The van der Waals surface area contributed by atoms with E-state index in [1.807, 2.05) is 0 Å². The molecule has 0 saturated heterocycles. The first kappa shape index (κ1) is 14.2. The monoisotopic (exact) mass is 213 g/mol. The van der Waals surface area contributed by atoms with Crippen molar-refractivity contribution in [3.63, 3.8) is 0 Å². The van der Waals surface area contributed by atoms with Crippen LogP contribution in [0.1, 0.15) is 65.2 Å². The van der Waals surface area contributed by atoms with Crippen molar-refractivity contribution in [2.75, 3.05) is 6.16 Å². The Morgan fingerprint density at radius 2 is 1.43 bits per heavy atom. The average molecular weight is 213 g/mol. The van der Waals surface area contributed by atoms with E-state index < -0.39 is 0 Å². The van der Waals surface area contributed by atoms with Gasteiger partial charge >= 0.3 is 0 Å². The van der Waals surface area contributed by atoms with Gasteiger partial charge in [0.05, 0.1) is 0 Å². The normalized spacial score (nSPS) is 12.1. The zero-order valence-corrected chi connectivity index (χ0v) is 10.9. The van der Waals surface area contributed by atoms with Gasteiger partial charge in [-0.15, -0.1) is 0 Å². The van der Waals surface area contributed by atoms with Crippen LogP contribution in [-0.2, 0) is 0 Å². The molecule has 0 fully saturated rings. The van der Waals surface area contributed by atoms with Crippen LogP contribution in [0, 0.1) is 0 Å². The van der Waals surface area contributed by atoms with Crippen LogP contribution in [0.25, 0.3) is 0 Å². The summed E-state index contributed by atoms with van der Waals surface area (Å²) in [6.45, 7) is 4.38. The summed E-state index contributed by atoms with van der Waals surface area (Å²) >= 11 is 0. The van der Waals surface area contributed by atoms with Crippen LogP contribution in [0.2, 0.25) is 0 Å². The SMILES string of the molecule is CC=C[P]CCCCCCCCCC. The van der Waals surface area contributed by atoms with Gasteiger partial charge in [0.15, 0.2) is 0 Å². The molecule has 0 unspecified atom stereocenters. The number of hydrogen-bond acceptors (Lipinski definition) is 0. The molecule has 0 amide bonds. The highest BCUT2D eigenvalue weighted by molar-refractivity contribution is 7.41. The highest BCUT2D eigenvalue weighted by Crippen LogP contribution is 2.16. The smallest absolute Gasteiger partial charge is 0.0250 e. The summed E-state index contributed by atoms with van der Waals surface area (Å²) < 4.78 is 0. The van der Waals surface area contributed by atoms with Crippen molar-refractivity contribution in [1.29, 1.82) is 0 Å². The summed E-state index contributed by atoms with van der Waals surface area (Å²) in [4.78, 5) is 0. The lowest BCUT2D eigenvalue weighted by molar-refractivity contribution is 0.586. The van der Waals surface area contributed by atoms with Crippen molar-refractivity contribution in [1.82, 2.24) is 0 Å². The van der Waals surface area contributed by atoms with Crippen LogP contribution < -0.4 is 0 Å². The Labute approximate surface area is 92.3 Å². The van der Waals surface area contributed by atoms with Crippen molar-refractivity contribution in [2.24, 2.45) is 0 Å². The minimum absolute atomic E-state index is 1.36. The lowest BCUT2D eigenvalue weighted by atomic mass is 10.1. The first-order valence-electron chi connectivity index (χ1n) is 6.19. The molecule has 0 rings (SSSR count). The predicted molar refractivity (Wildman–Crippen MR) is 69.2 cm³/mol. The molecule has 0 heterocycles. The van der Waals surface area contributed by atoms with Gasteiger partial charge in [-0.3, -0.25) is 0 Å². The van der Waals surface area contributed by atoms with Crippen LogP contribution in [-0.4, -0.2) is 6.16 Å². The van der Waals surface area contributed by atoms with Gasteiger partial charge in [0.1, 0.15) is 0 Å². The second kappa shape index (κ2) is 13.2. The molecule has 0 aliphatic carbocycles. The van der Waals surface area contributed by atoms with E-state index in [1.54, 1.807) is 0 Å². The molecular formula is C13H26P. The van der Waals surface area contributed by atoms with Crippen LogP contribution in [0.5, 0.6) is 0 Å². The van der Waals surface area contributed by atoms with Crippen LogP contribution in [0.4, 0.5) is 0 Å². The molecule has 0 saturated carbocycles. The second-order valence-corrected chi connectivity index (χ2v) is 4.97. The standard InChI is InChI=1S/C13H26P/c1-3-5-6-7-8-9-10-11-13-14-12-4-2/h4,12H,3,5-11,13H2,1-2H3. The van der Waals surface area contributed by atoms with Gasteiger partial charge in [0.25, 0.3) is 0 Å². The van der Waals surface area contributed by atoms with Crippen molar-refractivity contribution >= 4 is 8.58 Å². The second-order valence-electron chi connectivity index (χ2n) is 3.86. The number of hydrogen-bond donors (Lipinski definition) is 0. The minimum atomic E-state index is 1.36. The fourth-order valence-electron chi connectivity index (χ4n) is 1.52. The molecule has 1 heteroatoms. The van der Waals surface area contributed by atoms with Gasteiger partial charge in [-0.2, -0.15) is 0 Å². The third-order valence-electron chi connectivity index (χ3n) is 2.40. The van der Waals surface area contributed by atoms with Gasteiger partial charge in [-0.1, -0.05) is 72.3 Å². The van der Waals surface area contributed by atoms with Gasteiger partial charge in [-0.25, -0.2) is 0 Å². The number of rotatable bonds is 10. The van der Waals surface area contributed by atoms with Crippen LogP contribution in [0.15, 0.2) is 11.9 Å². The molecule has 0 aromatic heterocycles. The maximum absolute atomic E-state index is 2.28. The molecule has 0 aliphatic rings. The number of unbranched alkanes of at least 4 members (excludes halogenated alkanes) is 7. The van der Waals surface area contributed by atoms with E-state index in [-0.39, 0.29) is 0 Å². The van der Waals surface area contributed by atoms with Crippen molar-refractivity contribution < 1.29 is 0 Å². The average Bonchev–Trinajstić information content (AvgIpc) is 2.21. The lowest BCUT2D eigenvalue weighted by Crippen LogP contribution is -1.81. The zero-order chi connectivity index (χ0) is 10.5. The maximum Gasteiger partial charge on any atom is -0.0250 e. The summed E-state index contributed by atoms with van der Waals surface area (Å²) in [5.41, 5.74) is 0.